The van der Waals surface area contributed by atoms with E-state index in [1.807, 2.05) is 13.2 Å². The van der Waals surface area contributed by atoms with Crippen molar-refractivity contribution < 1.29 is 9.90 Å². The summed E-state index contributed by atoms with van der Waals surface area (Å²) < 4.78 is 1.73. The van der Waals surface area contributed by atoms with E-state index in [-0.39, 0.29) is 6.54 Å². The fourth-order valence-electron chi connectivity index (χ4n) is 1.18. The number of hydrogen-bond acceptors (Lipinski definition) is 4. The van der Waals surface area contributed by atoms with Gasteiger partial charge in [-0.2, -0.15) is 5.10 Å². The first-order valence-corrected chi connectivity index (χ1v) is 4.76. The first-order valence-electron chi connectivity index (χ1n) is 4.76. The lowest BCUT2D eigenvalue weighted by Crippen LogP contribution is -2.40. The van der Waals surface area contributed by atoms with Crippen molar-refractivity contribution in [3.63, 3.8) is 0 Å². The lowest BCUT2D eigenvalue weighted by molar-refractivity contribution is -0.138. The van der Waals surface area contributed by atoms with E-state index in [1.165, 1.54) is 0 Å². The smallest absolute Gasteiger partial charge is 0.321 e. The Kier molecular flexibility index (Phi) is 4.26. The molecule has 0 saturated carbocycles. The molecule has 1 unspecified atom stereocenters. The predicted molar refractivity (Wildman–Crippen MR) is 55.4 cm³/mol. The average molecular weight is 212 g/mol. The second-order valence-corrected chi connectivity index (χ2v) is 3.42. The number of aryl methyl sites for hydroxylation is 1. The molecule has 1 aromatic heterocycles. The Morgan fingerprint density at radius 1 is 1.80 bits per heavy atom. The zero-order chi connectivity index (χ0) is 11.3. The third-order valence-electron chi connectivity index (χ3n) is 2.03. The molecular weight excluding hydrogens is 196 g/mol. The van der Waals surface area contributed by atoms with Crippen LogP contribution in [0.2, 0.25) is 0 Å². The number of nitrogens with zero attached hydrogens (tertiary/aromatic N) is 2. The van der Waals surface area contributed by atoms with E-state index >= 15 is 0 Å². The molecule has 0 aromatic carbocycles. The van der Waals surface area contributed by atoms with E-state index in [9.17, 15) is 4.79 Å². The van der Waals surface area contributed by atoms with Gasteiger partial charge in [0.05, 0.1) is 6.20 Å². The van der Waals surface area contributed by atoms with Gasteiger partial charge in [-0.3, -0.25) is 9.48 Å². The summed E-state index contributed by atoms with van der Waals surface area (Å²) in [5.74, 6) is -0.983. The van der Waals surface area contributed by atoms with Crippen LogP contribution in [0.5, 0.6) is 0 Å². The number of carboxylic acid groups (broad SMARTS) is 1. The second-order valence-electron chi connectivity index (χ2n) is 3.42. The highest BCUT2D eigenvalue weighted by molar-refractivity contribution is 5.73. The minimum Gasteiger partial charge on any atom is -0.480 e. The molecule has 0 aliphatic rings. The Hall–Kier alpha value is -1.40. The van der Waals surface area contributed by atoms with Crippen molar-refractivity contribution >= 4 is 5.97 Å². The molecule has 1 rings (SSSR count). The van der Waals surface area contributed by atoms with E-state index in [0.717, 1.165) is 12.0 Å². The van der Waals surface area contributed by atoms with Crippen molar-refractivity contribution in [2.45, 2.75) is 12.5 Å². The summed E-state index contributed by atoms with van der Waals surface area (Å²) >= 11 is 0. The van der Waals surface area contributed by atoms with Crippen molar-refractivity contribution in [2.24, 2.45) is 12.8 Å². The maximum atomic E-state index is 10.4. The van der Waals surface area contributed by atoms with Crippen molar-refractivity contribution in [3.8, 4) is 0 Å². The SMILES string of the molecule is Cn1cc(CCNCC(N)C(=O)O)cn1. The summed E-state index contributed by atoms with van der Waals surface area (Å²) in [4.78, 5) is 10.4. The summed E-state index contributed by atoms with van der Waals surface area (Å²) in [5, 5.41) is 15.5. The maximum Gasteiger partial charge on any atom is 0.321 e. The van der Waals surface area contributed by atoms with Crippen LogP contribution in [-0.4, -0.2) is 40.0 Å². The van der Waals surface area contributed by atoms with Gasteiger partial charge in [0, 0.05) is 19.8 Å². The molecule has 6 nitrogen and oxygen atoms in total. The first-order chi connectivity index (χ1) is 7.09. The summed E-state index contributed by atoms with van der Waals surface area (Å²) in [7, 11) is 1.86. The van der Waals surface area contributed by atoms with Crippen molar-refractivity contribution in [1.82, 2.24) is 15.1 Å². The Balaban J connectivity index is 2.14. The molecule has 4 N–H and O–H groups in total. The van der Waals surface area contributed by atoms with Crippen molar-refractivity contribution in [3.05, 3.63) is 18.0 Å². The lowest BCUT2D eigenvalue weighted by Gasteiger charge is -2.07. The van der Waals surface area contributed by atoms with Gasteiger partial charge in [-0.1, -0.05) is 0 Å². The summed E-state index contributed by atoms with van der Waals surface area (Å²) in [6, 6.07) is -0.834. The van der Waals surface area contributed by atoms with E-state index in [2.05, 4.69) is 10.4 Å². The highest BCUT2D eigenvalue weighted by Crippen LogP contribution is 1.95. The van der Waals surface area contributed by atoms with Crippen LogP contribution in [0.1, 0.15) is 5.56 Å². The zero-order valence-electron chi connectivity index (χ0n) is 8.68. The van der Waals surface area contributed by atoms with Gasteiger partial charge in [0.1, 0.15) is 6.04 Å². The summed E-state index contributed by atoms with van der Waals surface area (Å²) in [6.45, 7) is 0.988. The fraction of sp³-hybridized carbons (Fsp3) is 0.556. The van der Waals surface area contributed by atoms with Crippen LogP contribution >= 0.6 is 0 Å². The number of hydrogen-bond donors (Lipinski definition) is 3. The molecule has 0 amide bonds. The zero-order valence-corrected chi connectivity index (χ0v) is 8.68. The summed E-state index contributed by atoms with van der Waals surface area (Å²) in [5.41, 5.74) is 6.44. The van der Waals surface area contributed by atoms with Crippen LogP contribution in [0.15, 0.2) is 12.4 Å². The van der Waals surface area contributed by atoms with Crippen LogP contribution in [0.3, 0.4) is 0 Å². The number of nitrogens with two attached hydrogens (primary N) is 1. The van der Waals surface area contributed by atoms with Gasteiger partial charge in [0.2, 0.25) is 0 Å². The quantitative estimate of drug-likeness (QED) is 0.524. The van der Waals surface area contributed by atoms with Crippen LogP contribution in [-0.2, 0) is 18.3 Å². The molecule has 1 atom stereocenters. The van der Waals surface area contributed by atoms with E-state index in [0.29, 0.717) is 6.54 Å². The van der Waals surface area contributed by atoms with Gasteiger partial charge in [-0.15, -0.1) is 0 Å². The Labute approximate surface area is 88.1 Å². The highest BCUT2D eigenvalue weighted by atomic mass is 16.4. The standard InChI is InChI=1S/C9H16N4O2/c1-13-6-7(4-12-13)2-3-11-5-8(10)9(14)15/h4,6,8,11H,2-3,5,10H2,1H3,(H,14,15). The molecule has 0 spiro atoms. The van der Waals surface area contributed by atoms with Crippen LogP contribution in [0.4, 0.5) is 0 Å². The molecule has 84 valence electrons. The molecule has 0 bridgehead atoms. The Bertz CT molecular complexity index is 324. The molecule has 0 aliphatic heterocycles. The number of rotatable bonds is 6. The molecule has 0 aliphatic carbocycles. The normalized spacial score (nSPS) is 12.7. The minimum absolute atomic E-state index is 0.287. The molecular formula is C9H16N4O2. The molecule has 15 heavy (non-hydrogen) atoms. The molecule has 1 aromatic rings. The van der Waals surface area contributed by atoms with Crippen molar-refractivity contribution in [2.75, 3.05) is 13.1 Å². The van der Waals surface area contributed by atoms with Gasteiger partial charge < -0.3 is 16.2 Å². The van der Waals surface area contributed by atoms with Gasteiger partial charge in [-0.25, -0.2) is 0 Å². The highest BCUT2D eigenvalue weighted by Gasteiger charge is 2.09. The van der Waals surface area contributed by atoms with Gasteiger partial charge in [0.25, 0.3) is 0 Å². The number of aromatic nitrogens is 2. The van der Waals surface area contributed by atoms with Crippen LogP contribution in [0, 0.1) is 0 Å². The molecule has 0 saturated heterocycles. The maximum absolute atomic E-state index is 10.4. The number of nitrogens with one attached hydrogen (secondary N) is 1. The molecule has 6 heteroatoms. The largest absolute Gasteiger partial charge is 0.480 e. The number of carbonyl (C=O) groups is 1. The van der Waals surface area contributed by atoms with Gasteiger partial charge in [-0.05, 0) is 18.5 Å². The number of aliphatic carboxylic acids is 1. The monoisotopic (exact) mass is 212 g/mol. The van der Waals surface area contributed by atoms with Crippen LogP contribution < -0.4 is 11.1 Å². The Morgan fingerprint density at radius 3 is 3.07 bits per heavy atom. The first kappa shape index (κ1) is 11.7. The predicted octanol–water partition coefficient (Wildman–Crippen LogP) is -1.04. The topological polar surface area (TPSA) is 93.2 Å². The average Bonchev–Trinajstić information content (AvgIpc) is 2.58. The molecule has 1 heterocycles. The lowest BCUT2D eigenvalue weighted by atomic mass is 10.2. The van der Waals surface area contributed by atoms with E-state index in [1.54, 1.807) is 10.9 Å². The van der Waals surface area contributed by atoms with Gasteiger partial charge in [0.15, 0.2) is 0 Å². The van der Waals surface area contributed by atoms with Gasteiger partial charge >= 0.3 is 5.97 Å². The van der Waals surface area contributed by atoms with E-state index < -0.39 is 12.0 Å². The molecule has 0 fully saturated rings. The third kappa shape index (κ3) is 4.09. The van der Waals surface area contributed by atoms with Crippen LogP contribution in [0.25, 0.3) is 0 Å². The number of carboxylic acids is 1. The second kappa shape index (κ2) is 5.47. The Morgan fingerprint density at radius 2 is 2.53 bits per heavy atom. The van der Waals surface area contributed by atoms with Crippen molar-refractivity contribution in [1.29, 1.82) is 0 Å². The minimum atomic E-state index is -0.983. The molecule has 0 radical (unpaired) electrons. The fourth-order valence-corrected chi connectivity index (χ4v) is 1.18. The third-order valence-corrected chi connectivity index (χ3v) is 2.03. The summed E-state index contributed by atoms with van der Waals surface area (Å²) in [6.07, 6.45) is 4.54. The van der Waals surface area contributed by atoms with E-state index in [4.69, 9.17) is 10.8 Å².